The zero-order chi connectivity index (χ0) is 12.3. The number of rotatable bonds is 3. The first-order chi connectivity index (χ1) is 7.52. The molecule has 4 nitrogen and oxygen atoms in total. The van der Waals surface area contributed by atoms with Crippen molar-refractivity contribution >= 4 is 5.97 Å². The summed E-state index contributed by atoms with van der Waals surface area (Å²) in [6, 6.07) is 0. The average molecular weight is 231 g/mol. The molecule has 0 fully saturated rings. The number of hydrogen-bond donors (Lipinski definition) is 0. The van der Waals surface area contributed by atoms with Crippen molar-refractivity contribution in [3.63, 3.8) is 0 Å². The number of esters is 1. The third-order valence-electron chi connectivity index (χ3n) is 2.07. The zero-order valence-electron chi connectivity index (χ0n) is 9.08. The second-order valence-corrected chi connectivity index (χ2v) is 3.00. The fraction of sp³-hybridized carbons (Fsp3) is 0.400. The molecule has 0 radical (unpaired) electrons. The van der Waals surface area contributed by atoms with Gasteiger partial charge in [-0.15, -0.1) is 0 Å². The van der Waals surface area contributed by atoms with Gasteiger partial charge in [0.15, 0.2) is 5.75 Å². The summed E-state index contributed by atoms with van der Waals surface area (Å²) in [7, 11) is 2.40. The minimum absolute atomic E-state index is 0.0182. The van der Waals surface area contributed by atoms with E-state index in [9.17, 15) is 13.6 Å². The molecule has 0 aliphatic heterocycles. The van der Waals surface area contributed by atoms with Crippen molar-refractivity contribution in [1.29, 1.82) is 0 Å². The van der Waals surface area contributed by atoms with E-state index < -0.39 is 18.0 Å². The second kappa shape index (κ2) is 4.87. The smallest absolute Gasteiger partial charge is 0.342 e. The fourth-order valence-corrected chi connectivity index (χ4v) is 1.33. The third kappa shape index (κ3) is 2.10. The first-order valence-corrected chi connectivity index (χ1v) is 4.42. The highest BCUT2D eigenvalue weighted by molar-refractivity contribution is 5.94. The number of pyridine rings is 1. The van der Waals surface area contributed by atoms with Gasteiger partial charge in [-0.05, 0) is 6.92 Å². The normalized spacial score (nSPS) is 10.4. The number of hydrogen-bond acceptors (Lipinski definition) is 4. The van der Waals surface area contributed by atoms with Gasteiger partial charge < -0.3 is 9.47 Å². The highest BCUT2D eigenvalue weighted by Crippen LogP contribution is 2.31. The Bertz CT molecular complexity index is 407. The van der Waals surface area contributed by atoms with Gasteiger partial charge in [-0.2, -0.15) is 0 Å². The van der Waals surface area contributed by atoms with Crippen LogP contribution in [0.5, 0.6) is 5.75 Å². The topological polar surface area (TPSA) is 48.4 Å². The van der Waals surface area contributed by atoms with Crippen molar-refractivity contribution in [2.45, 2.75) is 13.3 Å². The van der Waals surface area contributed by atoms with Gasteiger partial charge in [0.1, 0.15) is 5.56 Å². The van der Waals surface area contributed by atoms with E-state index in [2.05, 4.69) is 9.72 Å². The first kappa shape index (κ1) is 12.4. The minimum atomic E-state index is -2.81. The van der Waals surface area contributed by atoms with Gasteiger partial charge in [0.25, 0.3) is 6.43 Å². The predicted octanol–water partition coefficient (Wildman–Crippen LogP) is 2.12. The van der Waals surface area contributed by atoms with Crippen molar-refractivity contribution < 1.29 is 23.0 Å². The molecule has 0 aliphatic carbocycles. The molecule has 0 atom stereocenters. The van der Waals surface area contributed by atoms with Crippen LogP contribution in [0.3, 0.4) is 0 Å². The maximum absolute atomic E-state index is 12.7. The van der Waals surface area contributed by atoms with Crippen LogP contribution in [0.4, 0.5) is 8.78 Å². The maximum Gasteiger partial charge on any atom is 0.342 e. The fourth-order valence-electron chi connectivity index (χ4n) is 1.33. The van der Waals surface area contributed by atoms with Crippen molar-refractivity contribution in [2.75, 3.05) is 14.2 Å². The minimum Gasteiger partial charge on any atom is -0.494 e. The van der Waals surface area contributed by atoms with Crippen LogP contribution in [-0.2, 0) is 4.74 Å². The van der Waals surface area contributed by atoms with Gasteiger partial charge in [0, 0.05) is 6.20 Å². The summed E-state index contributed by atoms with van der Waals surface area (Å²) in [5.41, 5.74) is -0.408. The molecule has 0 amide bonds. The van der Waals surface area contributed by atoms with Crippen LogP contribution < -0.4 is 4.74 Å². The molecule has 16 heavy (non-hydrogen) atoms. The average Bonchev–Trinajstić information content (AvgIpc) is 2.27. The Hall–Kier alpha value is -1.72. The standard InChI is InChI=1S/C10H11F2NO3/c1-5-8(15-2)7(10(14)16-3)6(4-13-5)9(11)12/h4,9H,1-3H3. The molecule has 1 heterocycles. The van der Waals surface area contributed by atoms with Crippen molar-refractivity contribution in [3.05, 3.63) is 23.0 Å². The summed E-state index contributed by atoms with van der Waals surface area (Å²) in [4.78, 5) is 15.1. The number of aromatic nitrogens is 1. The largest absolute Gasteiger partial charge is 0.494 e. The Kier molecular flexibility index (Phi) is 3.76. The molecular formula is C10H11F2NO3. The molecule has 88 valence electrons. The van der Waals surface area contributed by atoms with Crippen molar-refractivity contribution in [1.82, 2.24) is 4.98 Å². The van der Waals surface area contributed by atoms with Crippen LogP contribution >= 0.6 is 0 Å². The van der Waals surface area contributed by atoms with Gasteiger partial charge in [0.05, 0.1) is 25.5 Å². The van der Waals surface area contributed by atoms with Crippen LogP contribution in [0.1, 0.15) is 28.0 Å². The Morgan fingerprint density at radius 3 is 2.50 bits per heavy atom. The quantitative estimate of drug-likeness (QED) is 0.747. The van der Waals surface area contributed by atoms with E-state index in [4.69, 9.17) is 4.74 Å². The second-order valence-electron chi connectivity index (χ2n) is 3.00. The van der Waals surface area contributed by atoms with E-state index in [1.807, 2.05) is 0 Å². The number of methoxy groups -OCH3 is 2. The Morgan fingerprint density at radius 2 is 2.06 bits per heavy atom. The molecule has 0 bridgehead atoms. The number of carbonyl (C=O) groups is 1. The summed E-state index contributed by atoms with van der Waals surface area (Å²) in [6.45, 7) is 1.56. The SMILES string of the molecule is COC(=O)c1c(C(F)F)cnc(C)c1OC. The zero-order valence-corrected chi connectivity index (χ0v) is 9.08. The lowest BCUT2D eigenvalue weighted by atomic mass is 10.1. The van der Waals surface area contributed by atoms with Crippen LogP contribution in [-0.4, -0.2) is 25.2 Å². The van der Waals surface area contributed by atoms with Gasteiger partial charge in [0.2, 0.25) is 0 Å². The van der Waals surface area contributed by atoms with Crippen LogP contribution in [0.2, 0.25) is 0 Å². The summed E-state index contributed by atoms with van der Waals surface area (Å²) in [5.74, 6) is -0.845. The Morgan fingerprint density at radius 1 is 1.44 bits per heavy atom. The third-order valence-corrected chi connectivity index (χ3v) is 2.07. The predicted molar refractivity (Wildman–Crippen MR) is 51.8 cm³/mol. The lowest BCUT2D eigenvalue weighted by Gasteiger charge is -2.12. The summed E-state index contributed by atoms with van der Waals surface area (Å²) in [5, 5.41) is 0. The molecule has 1 aromatic rings. The number of alkyl halides is 2. The van der Waals surface area contributed by atoms with Gasteiger partial charge in [-0.1, -0.05) is 0 Å². The van der Waals surface area contributed by atoms with Gasteiger partial charge in [-0.25, -0.2) is 13.6 Å². The molecule has 6 heteroatoms. The summed E-state index contributed by atoms with van der Waals surface area (Å²) >= 11 is 0. The number of halogens is 2. The van der Waals surface area contributed by atoms with E-state index in [-0.39, 0.29) is 11.3 Å². The molecular weight excluding hydrogens is 220 g/mol. The maximum atomic E-state index is 12.7. The molecule has 0 N–H and O–H groups in total. The molecule has 0 saturated carbocycles. The molecule has 1 rings (SSSR count). The van der Waals surface area contributed by atoms with Crippen LogP contribution in [0, 0.1) is 6.92 Å². The Labute approximate surface area is 91.2 Å². The van der Waals surface area contributed by atoms with Crippen LogP contribution in [0.15, 0.2) is 6.20 Å². The number of carbonyl (C=O) groups excluding carboxylic acids is 1. The number of ether oxygens (including phenoxy) is 2. The monoisotopic (exact) mass is 231 g/mol. The van der Waals surface area contributed by atoms with E-state index in [1.165, 1.54) is 7.11 Å². The number of nitrogens with zero attached hydrogens (tertiary/aromatic N) is 1. The van der Waals surface area contributed by atoms with E-state index >= 15 is 0 Å². The molecule has 0 saturated heterocycles. The molecule has 0 aliphatic rings. The van der Waals surface area contributed by atoms with Gasteiger partial charge >= 0.3 is 5.97 Å². The van der Waals surface area contributed by atoms with E-state index in [1.54, 1.807) is 6.92 Å². The van der Waals surface area contributed by atoms with E-state index in [0.29, 0.717) is 5.69 Å². The lowest BCUT2D eigenvalue weighted by molar-refractivity contribution is 0.0584. The molecule has 1 aromatic heterocycles. The first-order valence-electron chi connectivity index (χ1n) is 4.42. The summed E-state index contributed by atoms with van der Waals surface area (Å²) < 4.78 is 34.7. The summed E-state index contributed by atoms with van der Waals surface area (Å²) in [6.07, 6.45) is -1.86. The lowest BCUT2D eigenvalue weighted by Crippen LogP contribution is -2.10. The molecule has 0 aromatic carbocycles. The van der Waals surface area contributed by atoms with Gasteiger partial charge in [-0.3, -0.25) is 4.98 Å². The van der Waals surface area contributed by atoms with Crippen LogP contribution in [0.25, 0.3) is 0 Å². The van der Waals surface area contributed by atoms with Crippen molar-refractivity contribution in [3.8, 4) is 5.75 Å². The molecule has 0 spiro atoms. The van der Waals surface area contributed by atoms with Crippen molar-refractivity contribution in [2.24, 2.45) is 0 Å². The highest BCUT2D eigenvalue weighted by Gasteiger charge is 2.25. The van der Waals surface area contributed by atoms with E-state index in [0.717, 1.165) is 13.3 Å². The molecule has 0 unspecified atom stereocenters. The Balaban J connectivity index is 3.47. The number of aryl methyl sites for hydroxylation is 1. The highest BCUT2D eigenvalue weighted by atomic mass is 19.3.